The molecule has 88 valence electrons. The Labute approximate surface area is 97.2 Å². The minimum Gasteiger partial charge on any atom is -0.356 e. The molecule has 0 radical (unpaired) electrons. The SMILES string of the molecule is CC(CCl)C(=O)NCC1CCN(C)CC1. The van der Waals surface area contributed by atoms with Crippen LogP contribution >= 0.6 is 11.6 Å². The van der Waals surface area contributed by atoms with Crippen molar-refractivity contribution >= 4 is 17.5 Å². The maximum Gasteiger partial charge on any atom is 0.224 e. The van der Waals surface area contributed by atoms with E-state index in [0.29, 0.717) is 11.8 Å². The number of likely N-dealkylation sites (tertiary alicyclic amines) is 1. The Morgan fingerprint density at radius 2 is 2.13 bits per heavy atom. The highest BCUT2D eigenvalue weighted by atomic mass is 35.5. The number of alkyl halides is 1. The molecule has 0 aromatic carbocycles. The molecule has 1 unspecified atom stereocenters. The van der Waals surface area contributed by atoms with Crippen molar-refractivity contribution < 1.29 is 4.79 Å². The van der Waals surface area contributed by atoms with Crippen LogP contribution in [0.2, 0.25) is 0 Å². The molecule has 0 aromatic rings. The fourth-order valence-electron chi connectivity index (χ4n) is 1.76. The second-order valence-electron chi connectivity index (χ2n) is 4.55. The quantitative estimate of drug-likeness (QED) is 0.742. The first-order valence-electron chi connectivity index (χ1n) is 5.65. The zero-order chi connectivity index (χ0) is 11.3. The van der Waals surface area contributed by atoms with E-state index in [2.05, 4.69) is 17.3 Å². The van der Waals surface area contributed by atoms with E-state index in [0.717, 1.165) is 19.6 Å². The minimum atomic E-state index is -0.0714. The molecule has 0 spiro atoms. The number of rotatable bonds is 4. The summed E-state index contributed by atoms with van der Waals surface area (Å²) in [5, 5.41) is 2.98. The van der Waals surface area contributed by atoms with Crippen LogP contribution in [0.4, 0.5) is 0 Å². The maximum absolute atomic E-state index is 11.5. The van der Waals surface area contributed by atoms with Gasteiger partial charge >= 0.3 is 0 Å². The highest BCUT2D eigenvalue weighted by molar-refractivity contribution is 6.19. The largest absolute Gasteiger partial charge is 0.356 e. The predicted octanol–water partition coefficient (Wildman–Crippen LogP) is 1.32. The topological polar surface area (TPSA) is 32.3 Å². The second-order valence-corrected chi connectivity index (χ2v) is 4.86. The molecule has 0 bridgehead atoms. The van der Waals surface area contributed by atoms with Crippen LogP contribution in [0.1, 0.15) is 19.8 Å². The number of carbonyl (C=O) groups excluding carboxylic acids is 1. The van der Waals surface area contributed by atoms with Crippen LogP contribution in [0.15, 0.2) is 0 Å². The van der Waals surface area contributed by atoms with Crippen molar-refractivity contribution in [3.63, 3.8) is 0 Å². The monoisotopic (exact) mass is 232 g/mol. The Morgan fingerprint density at radius 3 is 2.67 bits per heavy atom. The van der Waals surface area contributed by atoms with Gasteiger partial charge in [-0.1, -0.05) is 6.92 Å². The lowest BCUT2D eigenvalue weighted by Crippen LogP contribution is -2.38. The Kier molecular flexibility index (Phi) is 5.40. The van der Waals surface area contributed by atoms with E-state index >= 15 is 0 Å². The number of hydrogen-bond donors (Lipinski definition) is 1. The molecular formula is C11H21ClN2O. The standard InChI is InChI=1S/C11H21ClN2O/c1-9(7-12)11(15)13-8-10-3-5-14(2)6-4-10/h9-10H,3-8H2,1-2H3,(H,13,15). The fourth-order valence-corrected chi connectivity index (χ4v) is 1.90. The fraction of sp³-hybridized carbons (Fsp3) is 0.909. The molecule has 15 heavy (non-hydrogen) atoms. The van der Waals surface area contributed by atoms with Crippen LogP contribution in [0.5, 0.6) is 0 Å². The summed E-state index contributed by atoms with van der Waals surface area (Å²) < 4.78 is 0. The Hall–Kier alpha value is -0.280. The molecule has 1 aliphatic heterocycles. The van der Waals surface area contributed by atoms with Crippen LogP contribution in [-0.2, 0) is 4.79 Å². The molecule has 1 heterocycles. The van der Waals surface area contributed by atoms with Crippen LogP contribution in [-0.4, -0.2) is 43.4 Å². The molecule has 1 atom stereocenters. The third-order valence-corrected chi connectivity index (χ3v) is 3.55. The lowest BCUT2D eigenvalue weighted by Gasteiger charge is -2.29. The summed E-state index contributed by atoms with van der Waals surface area (Å²) in [6.45, 7) is 4.96. The first-order valence-corrected chi connectivity index (χ1v) is 6.19. The Bertz CT molecular complexity index is 203. The predicted molar refractivity (Wildman–Crippen MR) is 63.1 cm³/mol. The van der Waals surface area contributed by atoms with Gasteiger partial charge in [-0.2, -0.15) is 0 Å². The number of nitrogens with zero attached hydrogens (tertiary/aromatic N) is 1. The number of nitrogens with one attached hydrogen (secondary N) is 1. The molecule has 3 nitrogen and oxygen atoms in total. The van der Waals surface area contributed by atoms with Crippen molar-refractivity contribution in [3.05, 3.63) is 0 Å². The zero-order valence-corrected chi connectivity index (χ0v) is 10.4. The highest BCUT2D eigenvalue weighted by Gasteiger charge is 2.18. The molecule has 0 aliphatic carbocycles. The van der Waals surface area contributed by atoms with Crippen LogP contribution in [0.3, 0.4) is 0 Å². The summed E-state index contributed by atoms with van der Waals surface area (Å²) >= 11 is 5.62. The van der Waals surface area contributed by atoms with Crippen LogP contribution < -0.4 is 5.32 Å². The summed E-state index contributed by atoms with van der Waals surface area (Å²) in [6.07, 6.45) is 2.37. The van der Waals surface area contributed by atoms with Gasteiger partial charge in [0.15, 0.2) is 0 Å². The first-order chi connectivity index (χ1) is 7.13. The molecule has 1 N–H and O–H groups in total. The van der Waals surface area contributed by atoms with E-state index in [4.69, 9.17) is 11.6 Å². The number of piperidine rings is 1. The van der Waals surface area contributed by atoms with Crippen molar-refractivity contribution in [2.45, 2.75) is 19.8 Å². The van der Waals surface area contributed by atoms with Crippen LogP contribution in [0, 0.1) is 11.8 Å². The van der Waals surface area contributed by atoms with Crippen molar-refractivity contribution in [1.29, 1.82) is 0 Å². The number of hydrogen-bond acceptors (Lipinski definition) is 2. The molecule has 4 heteroatoms. The average molecular weight is 233 g/mol. The van der Waals surface area contributed by atoms with Crippen molar-refractivity contribution in [1.82, 2.24) is 10.2 Å². The lowest BCUT2D eigenvalue weighted by molar-refractivity contribution is -0.124. The number of halogens is 1. The van der Waals surface area contributed by atoms with Crippen LogP contribution in [0.25, 0.3) is 0 Å². The molecule has 0 saturated carbocycles. The number of carbonyl (C=O) groups is 1. The molecular weight excluding hydrogens is 212 g/mol. The smallest absolute Gasteiger partial charge is 0.224 e. The zero-order valence-electron chi connectivity index (χ0n) is 9.63. The van der Waals surface area contributed by atoms with E-state index in [-0.39, 0.29) is 11.8 Å². The van der Waals surface area contributed by atoms with Gasteiger partial charge in [-0.3, -0.25) is 4.79 Å². The summed E-state index contributed by atoms with van der Waals surface area (Å²) in [6, 6.07) is 0. The summed E-state index contributed by atoms with van der Waals surface area (Å²) in [4.78, 5) is 13.8. The third kappa shape index (κ3) is 4.39. The molecule has 1 amide bonds. The normalized spacial score (nSPS) is 21.3. The summed E-state index contributed by atoms with van der Waals surface area (Å²) in [7, 11) is 2.14. The van der Waals surface area contributed by atoms with Crippen molar-refractivity contribution in [3.8, 4) is 0 Å². The van der Waals surface area contributed by atoms with Gasteiger partial charge in [-0.15, -0.1) is 11.6 Å². The van der Waals surface area contributed by atoms with E-state index in [9.17, 15) is 4.79 Å². The lowest BCUT2D eigenvalue weighted by atomic mass is 9.97. The van der Waals surface area contributed by atoms with E-state index in [1.807, 2.05) is 6.92 Å². The Balaban J connectivity index is 2.17. The second kappa shape index (κ2) is 6.33. The molecule has 1 rings (SSSR count). The summed E-state index contributed by atoms with van der Waals surface area (Å²) in [5.41, 5.74) is 0. The Morgan fingerprint density at radius 1 is 1.53 bits per heavy atom. The van der Waals surface area contributed by atoms with Gasteiger partial charge in [0, 0.05) is 18.3 Å². The first kappa shape index (κ1) is 12.8. The van der Waals surface area contributed by atoms with Gasteiger partial charge in [0.25, 0.3) is 0 Å². The summed E-state index contributed by atoms with van der Waals surface area (Å²) in [5.74, 6) is 1.06. The molecule has 1 aliphatic rings. The van der Waals surface area contributed by atoms with Gasteiger partial charge in [0.2, 0.25) is 5.91 Å². The van der Waals surface area contributed by atoms with Crippen molar-refractivity contribution in [2.75, 3.05) is 32.6 Å². The van der Waals surface area contributed by atoms with Gasteiger partial charge in [-0.25, -0.2) is 0 Å². The average Bonchev–Trinajstić information content (AvgIpc) is 2.26. The minimum absolute atomic E-state index is 0.0714. The highest BCUT2D eigenvalue weighted by Crippen LogP contribution is 2.14. The maximum atomic E-state index is 11.5. The number of amides is 1. The third-order valence-electron chi connectivity index (χ3n) is 3.08. The van der Waals surface area contributed by atoms with Gasteiger partial charge in [0.1, 0.15) is 0 Å². The molecule has 0 aromatic heterocycles. The van der Waals surface area contributed by atoms with Gasteiger partial charge < -0.3 is 10.2 Å². The molecule has 1 fully saturated rings. The van der Waals surface area contributed by atoms with E-state index < -0.39 is 0 Å². The van der Waals surface area contributed by atoms with Gasteiger partial charge in [0.05, 0.1) is 0 Å². The molecule has 1 saturated heterocycles. The van der Waals surface area contributed by atoms with Crippen molar-refractivity contribution in [2.24, 2.45) is 11.8 Å². The van der Waals surface area contributed by atoms with E-state index in [1.165, 1.54) is 12.8 Å². The van der Waals surface area contributed by atoms with Gasteiger partial charge in [-0.05, 0) is 38.9 Å². The van der Waals surface area contributed by atoms with E-state index in [1.54, 1.807) is 0 Å².